The molecule has 2 aromatic heterocycles. The molecule has 73 valence electrons. The van der Waals surface area contributed by atoms with Crippen LogP contribution in [0, 0.1) is 6.07 Å². The third-order valence-corrected chi connectivity index (χ3v) is 1.92. The van der Waals surface area contributed by atoms with Crippen LogP contribution in [0.1, 0.15) is 6.92 Å². The lowest BCUT2D eigenvalue weighted by Crippen LogP contribution is -2.14. The third kappa shape index (κ3) is 1.70. The molecule has 1 atom stereocenters. The number of fused-ring (bicyclic) bond motifs is 1. The van der Waals surface area contributed by atoms with Crippen LogP contribution in [0.2, 0.25) is 0 Å². The lowest BCUT2D eigenvalue weighted by Gasteiger charge is -2.10. The van der Waals surface area contributed by atoms with Gasteiger partial charge in [-0.3, -0.25) is 0 Å². The highest BCUT2D eigenvalue weighted by Gasteiger charge is 2.04. The Balaban J connectivity index is 2.25. The van der Waals surface area contributed by atoms with Crippen molar-refractivity contribution in [2.75, 3.05) is 7.11 Å². The van der Waals surface area contributed by atoms with Crippen molar-refractivity contribution >= 4 is 11.0 Å². The van der Waals surface area contributed by atoms with Gasteiger partial charge in [-0.2, -0.15) is 4.98 Å². The molecular formula is C10H11N2O2. The Morgan fingerprint density at radius 1 is 1.50 bits per heavy atom. The van der Waals surface area contributed by atoms with Crippen LogP contribution >= 0.6 is 0 Å². The summed E-state index contributed by atoms with van der Waals surface area (Å²) in [5.41, 5.74) is 0.769. The van der Waals surface area contributed by atoms with Gasteiger partial charge in [0.25, 0.3) is 0 Å². The number of pyridine rings is 1. The summed E-state index contributed by atoms with van der Waals surface area (Å²) < 4.78 is 10.3. The van der Waals surface area contributed by atoms with Gasteiger partial charge >= 0.3 is 0 Å². The Bertz CT molecular complexity index is 425. The maximum absolute atomic E-state index is 5.37. The van der Waals surface area contributed by atoms with Gasteiger partial charge in [-0.15, -0.1) is 0 Å². The molecule has 0 aliphatic heterocycles. The van der Waals surface area contributed by atoms with Crippen molar-refractivity contribution < 1.29 is 9.47 Å². The maximum Gasteiger partial charge on any atom is 0.217 e. The number of aromatic nitrogens is 2. The van der Waals surface area contributed by atoms with Gasteiger partial charge in [-0.25, -0.2) is 0 Å². The minimum Gasteiger partial charge on any atom is -0.448 e. The van der Waals surface area contributed by atoms with Gasteiger partial charge in [-0.1, -0.05) is 0 Å². The van der Waals surface area contributed by atoms with Crippen LogP contribution in [0.25, 0.3) is 11.0 Å². The predicted molar refractivity (Wildman–Crippen MR) is 52.0 cm³/mol. The number of rotatable bonds is 3. The summed E-state index contributed by atoms with van der Waals surface area (Å²) in [5.74, 6) is 0.544. The van der Waals surface area contributed by atoms with Crippen LogP contribution in [0.4, 0.5) is 0 Å². The van der Waals surface area contributed by atoms with Crippen LogP contribution < -0.4 is 4.74 Å². The van der Waals surface area contributed by atoms with Gasteiger partial charge < -0.3 is 14.5 Å². The minimum absolute atomic E-state index is 0.293. The van der Waals surface area contributed by atoms with Gasteiger partial charge in [0.05, 0.1) is 0 Å². The van der Waals surface area contributed by atoms with E-state index in [-0.39, 0.29) is 6.29 Å². The topological polar surface area (TPSA) is 47.1 Å². The number of nitrogens with zero attached hydrogens (tertiary/aromatic N) is 1. The summed E-state index contributed by atoms with van der Waals surface area (Å²) in [5, 5.41) is 0.947. The largest absolute Gasteiger partial charge is 0.448 e. The first-order valence-electron chi connectivity index (χ1n) is 4.35. The molecule has 0 aromatic carbocycles. The van der Waals surface area contributed by atoms with Crippen molar-refractivity contribution in [2.45, 2.75) is 13.2 Å². The summed E-state index contributed by atoms with van der Waals surface area (Å²) in [4.78, 5) is 7.20. The van der Waals surface area contributed by atoms with Crippen LogP contribution in [-0.2, 0) is 4.74 Å². The number of H-pyrrole nitrogens is 1. The summed E-state index contributed by atoms with van der Waals surface area (Å²) in [6.07, 6.45) is 1.43. The first-order valence-corrected chi connectivity index (χ1v) is 4.35. The monoisotopic (exact) mass is 191 g/mol. The number of nitrogens with one attached hydrogen (secondary N) is 1. The average Bonchev–Trinajstić information content (AvgIpc) is 2.64. The van der Waals surface area contributed by atoms with Crippen molar-refractivity contribution in [3.05, 3.63) is 24.4 Å². The molecule has 2 heterocycles. The SMILES string of the molecule is COC(C)Oc1ccc2[c]c[nH]c2n1. The molecule has 2 rings (SSSR count). The normalized spacial score (nSPS) is 13.0. The molecular weight excluding hydrogens is 180 g/mol. The molecule has 1 N–H and O–H groups in total. The second-order valence-electron chi connectivity index (χ2n) is 2.90. The van der Waals surface area contributed by atoms with Gasteiger partial charge in [0.15, 0.2) is 6.29 Å². The van der Waals surface area contributed by atoms with E-state index in [4.69, 9.17) is 9.47 Å². The summed E-state index contributed by atoms with van der Waals surface area (Å²) >= 11 is 0. The van der Waals surface area contributed by atoms with E-state index in [2.05, 4.69) is 16.0 Å². The predicted octanol–water partition coefficient (Wildman–Crippen LogP) is 1.73. The van der Waals surface area contributed by atoms with Gasteiger partial charge in [0.2, 0.25) is 5.88 Å². The van der Waals surface area contributed by atoms with Crippen molar-refractivity contribution in [2.24, 2.45) is 0 Å². The highest BCUT2D eigenvalue weighted by molar-refractivity contribution is 5.74. The zero-order valence-corrected chi connectivity index (χ0v) is 8.07. The number of hydrogen-bond acceptors (Lipinski definition) is 3. The zero-order chi connectivity index (χ0) is 9.97. The van der Waals surface area contributed by atoms with E-state index in [0.717, 1.165) is 11.0 Å². The first-order chi connectivity index (χ1) is 6.79. The smallest absolute Gasteiger partial charge is 0.217 e. The fourth-order valence-corrected chi connectivity index (χ4v) is 1.13. The van der Waals surface area contributed by atoms with Gasteiger partial charge in [-0.05, 0) is 13.0 Å². The van der Waals surface area contributed by atoms with E-state index in [9.17, 15) is 0 Å². The molecule has 0 fully saturated rings. The Kier molecular flexibility index (Phi) is 2.37. The molecule has 4 heteroatoms. The summed E-state index contributed by atoms with van der Waals surface area (Å²) in [7, 11) is 1.59. The second kappa shape index (κ2) is 3.67. The first kappa shape index (κ1) is 9.02. The van der Waals surface area contributed by atoms with Crippen molar-refractivity contribution in [1.82, 2.24) is 9.97 Å². The molecule has 1 unspecified atom stereocenters. The number of methoxy groups -OCH3 is 1. The molecule has 2 aromatic rings. The standard InChI is InChI=1S/C10H11N2O2/c1-7(13-2)14-9-4-3-8-5-6-11-10(8)12-9/h3-4,6-7H,1-2H3,(H,11,12). The third-order valence-electron chi connectivity index (χ3n) is 1.92. The van der Waals surface area contributed by atoms with Crippen molar-refractivity contribution in [3.63, 3.8) is 0 Å². The van der Waals surface area contributed by atoms with E-state index in [1.54, 1.807) is 19.4 Å². The summed E-state index contributed by atoms with van der Waals surface area (Å²) in [6.45, 7) is 1.81. The molecule has 0 amide bonds. The highest BCUT2D eigenvalue weighted by Crippen LogP contribution is 2.15. The van der Waals surface area contributed by atoms with E-state index in [1.807, 2.05) is 13.0 Å². The van der Waals surface area contributed by atoms with Gasteiger partial charge in [0, 0.05) is 30.8 Å². The Labute approximate surface area is 81.9 Å². The molecule has 14 heavy (non-hydrogen) atoms. The molecule has 1 radical (unpaired) electrons. The summed E-state index contributed by atoms with van der Waals surface area (Å²) in [6, 6.07) is 6.70. The van der Waals surface area contributed by atoms with Crippen LogP contribution in [0.3, 0.4) is 0 Å². The fraction of sp³-hybridized carbons (Fsp3) is 0.300. The molecule has 0 aliphatic rings. The Hall–Kier alpha value is -1.55. The van der Waals surface area contributed by atoms with E-state index in [0.29, 0.717) is 5.88 Å². The molecule has 0 spiro atoms. The van der Waals surface area contributed by atoms with Crippen LogP contribution in [0.5, 0.6) is 5.88 Å². The Morgan fingerprint density at radius 2 is 2.36 bits per heavy atom. The molecule has 4 nitrogen and oxygen atoms in total. The van der Waals surface area contributed by atoms with Gasteiger partial charge in [0.1, 0.15) is 5.65 Å². The van der Waals surface area contributed by atoms with E-state index < -0.39 is 0 Å². The molecule has 0 saturated carbocycles. The van der Waals surface area contributed by atoms with Crippen LogP contribution in [-0.4, -0.2) is 23.4 Å². The van der Waals surface area contributed by atoms with Crippen molar-refractivity contribution in [1.29, 1.82) is 0 Å². The molecule has 0 aliphatic carbocycles. The average molecular weight is 191 g/mol. The quantitative estimate of drug-likeness (QED) is 0.751. The van der Waals surface area contributed by atoms with Crippen molar-refractivity contribution in [3.8, 4) is 5.88 Å². The number of aromatic amines is 1. The zero-order valence-electron chi connectivity index (χ0n) is 8.07. The Morgan fingerprint density at radius 3 is 3.14 bits per heavy atom. The lowest BCUT2D eigenvalue weighted by atomic mass is 10.3. The number of hydrogen-bond donors (Lipinski definition) is 1. The lowest BCUT2D eigenvalue weighted by molar-refractivity contribution is -0.0408. The molecule has 0 saturated heterocycles. The fourth-order valence-electron chi connectivity index (χ4n) is 1.13. The second-order valence-corrected chi connectivity index (χ2v) is 2.90. The highest BCUT2D eigenvalue weighted by atomic mass is 16.7. The maximum atomic E-state index is 5.37. The molecule has 0 bridgehead atoms. The van der Waals surface area contributed by atoms with Crippen LogP contribution in [0.15, 0.2) is 18.3 Å². The van der Waals surface area contributed by atoms with E-state index >= 15 is 0 Å². The van der Waals surface area contributed by atoms with E-state index in [1.165, 1.54) is 0 Å². The number of ether oxygens (including phenoxy) is 2. The minimum atomic E-state index is -0.293.